The fourth-order valence-corrected chi connectivity index (χ4v) is 3.32. The van der Waals surface area contributed by atoms with Crippen molar-refractivity contribution < 1.29 is 13.7 Å². The van der Waals surface area contributed by atoms with E-state index in [0.717, 1.165) is 11.1 Å². The second kappa shape index (κ2) is 7.13. The molecule has 1 amide bonds. The highest BCUT2D eigenvalue weighted by molar-refractivity contribution is 6.02. The van der Waals surface area contributed by atoms with Crippen molar-refractivity contribution in [3.05, 3.63) is 76.6 Å². The second-order valence-corrected chi connectivity index (χ2v) is 7.11. The molecule has 0 atom stereocenters. The molecule has 2 N–H and O–H groups in total. The summed E-state index contributed by atoms with van der Waals surface area (Å²) < 4.78 is 12.1. The number of fused-ring (bicyclic) bond motifs is 1. The molecule has 3 heterocycles. The number of hydrogen-bond donors (Lipinski definition) is 2. The van der Waals surface area contributed by atoms with Crippen molar-refractivity contribution in [3.8, 4) is 22.8 Å². The molecule has 5 rings (SSSR count). The van der Waals surface area contributed by atoms with Crippen molar-refractivity contribution in [3.63, 3.8) is 0 Å². The van der Waals surface area contributed by atoms with Gasteiger partial charge in [0.1, 0.15) is 0 Å². The Balaban J connectivity index is 1.45. The number of benzene rings is 2. The molecule has 154 valence electrons. The number of aromatic nitrogens is 4. The van der Waals surface area contributed by atoms with Crippen LogP contribution in [0.25, 0.3) is 33.9 Å². The summed E-state index contributed by atoms with van der Waals surface area (Å²) in [5, 5.41) is 6.90. The van der Waals surface area contributed by atoms with Gasteiger partial charge in [-0.2, -0.15) is 4.98 Å². The Morgan fingerprint density at radius 3 is 2.77 bits per heavy atom. The molecule has 0 aliphatic heterocycles. The largest absolute Gasteiger partial charge is 0.459 e. The Hall–Kier alpha value is -4.40. The SMILES string of the molecule is Cc1ccc(-c2nc(-c3ccc4c(c3)[nH]c(=O)n4C)no2)cc1NC(=O)c1ccco1. The summed E-state index contributed by atoms with van der Waals surface area (Å²) in [4.78, 5) is 31.4. The number of nitrogens with zero attached hydrogens (tertiary/aromatic N) is 3. The molecule has 31 heavy (non-hydrogen) atoms. The molecule has 0 saturated carbocycles. The number of anilines is 1. The lowest BCUT2D eigenvalue weighted by atomic mass is 10.1. The maximum Gasteiger partial charge on any atom is 0.326 e. The summed E-state index contributed by atoms with van der Waals surface area (Å²) in [5.74, 6) is 0.578. The Morgan fingerprint density at radius 2 is 1.97 bits per heavy atom. The van der Waals surface area contributed by atoms with E-state index in [1.165, 1.54) is 10.8 Å². The maximum absolute atomic E-state index is 12.3. The highest BCUT2D eigenvalue weighted by atomic mass is 16.5. The first kappa shape index (κ1) is 18.6. The predicted octanol–water partition coefficient (Wildman–Crippen LogP) is 3.74. The van der Waals surface area contributed by atoms with Gasteiger partial charge in [0.15, 0.2) is 5.76 Å². The second-order valence-electron chi connectivity index (χ2n) is 7.11. The summed E-state index contributed by atoms with van der Waals surface area (Å²) in [6.07, 6.45) is 1.45. The van der Waals surface area contributed by atoms with E-state index in [1.54, 1.807) is 31.3 Å². The fourth-order valence-electron chi connectivity index (χ4n) is 3.32. The predicted molar refractivity (Wildman–Crippen MR) is 114 cm³/mol. The zero-order valence-corrected chi connectivity index (χ0v) is 16.7. The van der Waals surface area contributed by atoms with Crippen molar-refractivity contribution >= 4 is 22.6 Å². The monoisotopic (exact) mass is 415 g/mol. The molecule has 9 nitrogen and oxygen atoms in total. The van der Waals surface area contributed by atoms with Gasteiger partial charge in [-0.15, -0.1) is 0 Å². The van der Waals surface area contributed by atoms with Crippen LogP contribution in [0.4, 0.5) is 5.69 Å². The molecule has 2 aromatic carbocycles. The summed E-state index contributed by atoms with van der Waals surface area (Å²) in [6.45, 7) is 1.89. The first-order chi connectivity index (χ1) is 15.0. The van der Waals surface area contributed by atoms with Crippen LogP contribution < -0.4 is 11.0 Å². The molecule has 5 aromatic rings. The summed E-state index contributed by atoms with van der Waals surface area (Å²) in [7, 11) is 1.70. The highest BCUT2D eigenvalue weighted by Gasteiger charge is 2.15. The Morgan fingerprint density at radius 1 is 1.13 bits per heavy atom. The molecule has 0 bridgehead atoms. The van der Waals surface area contributed by atoms with Gasteiger partial charge in [-0.3, -0.25) is 9.36 Å². The van der Waals surface area contributed by atoms with Crippen molar-refractivity contribution in [1.29, 1.82) is 0 Å². The molecule has 0 aliphatic rings. The normalized spacial score (nSPS) is 11.2. The number of nitrogens with one attached hydrogen (secondary N) is 2. The number of furan rings is 1. The van der Waals surface area contributed by atoms with Gasteiger partial charge in [0, 0.05) is 23.9 Å². The minimum atomic E-state index is -0.346. The average molecular weight is 415 g/mol. The van der Waals surface area contributed by atoms with Crippen LogP contribution in [0.5, 0.6) is 0 Å². The lowest BCUT2D eigenvalue weighted by Crippen LogP contribution is -2.11. The van der Waals surface area contributed by atoms with Crippen LogP contribution >= 0.6 is 0 Å². The quantitative estimate of drug-likeness (QED) is 0.462. The van der Waals surface area contributed by atoms with E-state index in [1.807, 2.05) is 31.2 Å². The molecule has 0 fully saturated rings. The summed E-state index contributed by atoms with van der Waals surface area (Å²) in [6, 6.07) is 14.2. The average Bonchev–Trinajstić information content (AvgIpc) is 3.51. The fraction of sp³-hybridized carbons (Fsp3) is 0.0909. The maximum atomic E-state index is 12.3. The summed E-state index contributed by atoms with van der Waals surface area (Å²) >= 11 is 0. The van der Waals surface area contributed by atoms with Gasteiger partial charge >= 0.3 is 5.69 Å². The molecule has 0 aliphatic carbocycles. The molecule has 0 unspecified atom stereocenters. The van der Waals surface area contributed by atoms with Gasteiger partial charge in [0.2, 0.25) is 5.82 Å². The number of H-pyrrole nitrogens is 1. The van der Waals surface area contributed by atoms with Crippen molar-refractivity contribution in [2.75, 3.05) is 5.32 Å². The minimum Gasteiger partial charge on any atom is -0.459 e. The van der Waals surface area contributed by atoms with Crippen LogP contribution in [0.2, 0.25) is 0 Å². The van der Waals surface area contributed by atoms with Gasteiger partial charge in [-0.25, -0.2) is 4.79 Å². The van der Waals surface area contributed by atoms with Crippen LogP contribution in [0.3, 0.4) is 0 Å². The number of rotatable bonds is 4. The number of carbonyl (C=O) groups excluding carboxylic acids is 1. The Kier molecular flexibility index (Phi) is 4.28. The van der Waals surface area contributed by atoms with Crippen LogP contribution in [-0.2, 0) is 7.05 Å². The third kappa shape index (κ3) is 3.31. The molecular weight excluding hydrogens is 398 g/mol. The zero-order valence-electron chi connectivity index (χ0n) is 16.7. The molecule has 0 saturated heterocycles. The van der Waals surface area contributed by atoms with E-state index in [2.05, 4.69) is 20.4 Å². The molecule has 0 spiro atoms. The first-order valence-corrected chi connectivity index (χ1v) is 9.48. The topological polar surface area (TPSA) is 119 Å². The van der Waals surface area contributed by atoms with Crippen molar-refractivity contribution in [2.45, 2.75) is 6.92 Å². The lowest BCUT2D eigenvalue weighted by molar-refractivity contribution is 0.0996. The number of aromatic amines is 1. The van der Waals surface area contributed by atoms with E-state index < -0.39 is 0 Å². The van der Waals surface area contributed by atoms with Gasteiger partial charge in [0.25, 0.3) is 11.8 Å². The van der Waals surface area contributed by atoms with E-state index in [0.29, 0.717) is 34.0 Å². The summed E-state index contributed by atoms with van der Waals surface area (Å²) in [5.41, 5.74) is 4.15. The smallest absolute Gasteiger partial charge is 0.326 e. The molecule has 3 aromatic heterocycles. The van der Waals surface area contributed by atoms with Gasteiger partial charge in [-0.1, -0.05) is 11.2 Å². The van der Waals surface area contributed by atoms with Crippen LogP contribution in [0.15, 0.2) is 68.5 Å². The van der Waals surface area contributed by atoms with E-state index in [9.17, 15) is 9.59 Å². The number of aryl methyl sites for hydroxylation is 2. The lowest BCUT2D eigenvalue weighted by Gasteiger charge is -2.08. The zero-order chi connectivity index (χ0) is 21.5. The van der Waals surface area contributed by atoms with E-state index in [-0.39, 0.29) is 17.4 Å². The van der Waals surface area contributed by atoms with Crippen molar-refractivity contribution in [2.24, 2.45) is 7.05 Å². The number of hydrogen-bond acceptors (Lipinski definition) is 6. The molecule has 0 radical (unpaired) electrons. The molecular formula is C22H17N5O4. The minimum absolute atomic E-state index is 0.190. The van der Waals surface area contributed by atoms with Gasteiger partial charge < -0.3 is 19.2 Å². The van der Waals surface area contributed by atoms with Crippen LogP contribution in [0.1, 0.15) is 16.1 Å². The van der Waals surface area contributed by atoms with Gasteiger partial charge in [-0.05, 0) is 55.0 Å². The Bertz CT molecular complexity index is 1470. The van der Waals surface area contributed by atoms with Crippen LogP contribution in [0, 0.1) is 6.92 Å². The molecule has 9 heteroatoms. The standard InChI is InChI=1S/C22H17N5O4/c1-12-5-6-14(11-15(12)23-20(28)18-4-3-9-30-18)21-25-19(26-31-21)13-7-8-17-16(10-13)24-22(29)27(17)2/h3-11H,1-2H3,(H,23,28)(H,24,29). The first-order valence-electron chi connectivity index (χ1n) is 9.48. The number of amides is 1. The van der Waals surface area contributed by atoms with E-state index in [4.69, 9.17) is 8.94 Å². The third-order valence-corrected chi connectivity index (χ3v) is 5.07. The van der Waals surface area contributed by atoms with Crippen LogP contribution in [-0.4, -0.2) is 25.6 Å². The third-order valence-electron chi connectivity index (χ3n) is 5.07. The van der Waals surface area contributed by atoms with Gasteiger partial charge in [0.05, 0.1) is 17.3 Å². The van der Waals surface area contributed by atoms with Crippen molar-refractivity contribution in [1.82, 2.24) is 19.7 Å². The van der Waals surface area contributed by atoms with E-state index >= 15 is 0 Å². The Labute approximate surface area is 175 Å². The number of imidazole rings is 1. The highest BCUT2D eigenvalue weighted by Crippen LogP contribution is 2.27. The number of carbonyl (C=O) groups is 1.